The van der Waals surface area contributed by atoms with Crippen LogP contribution in [0.2, 0.25) is 0 Å². The molecular weight excluding hydrogens is 216 g/mol. The van der Waals surface area contributed by atoms with Crippen LogP contribution in [-0.4, -0.2) is 34.5 Å². The van der Waals surface area contributed by atoms with Gasteiger partial charge in [-0.25, -0.2) is 0 Å². The first-order chi connectivity index (χ1) is 7.92. The topological polar surface area (TPSA) is 66.0 Å². The standard InChI is InChI=1S/C12H24N4O/c1-12(2,3)8-10(13)7-11-15-14-9-16(11)5-6-17-4/h9-10H,5-8,13H2,1-4H3. The molecule has 0 aliphatic heterocycles. The molecule has 0 amide bonds. The molecule has 0 bridgehead atoms. The Hall–Kier alpha value is -0.940. The van der Waals surface area contributed by atoms with Crippen molar-refractivity contribution in [2.24, 2.45) is 11.1 Å². The minimum atomic E-state index is 0.125. The molecule has 0 radical (unpaired) electrons. The van der Waals surface area contributed by atoms with E-state index in [9.17, 15) is 0 Å². The molecule has 98 valence electrons. The summed E-state index contributed by atoms with van der Waals surface area (Å²) in [5.41, 5.74) is 6.38. The third-order valence-electron chi connectivity index (χ3n) is 2.55. The molecule has 0 aliphatic rings. The van der Waals surface area contributed by atoms with E-state index in [0.29, 0.717) is 6.61 Å². The summed E-state index contributed by atoms with van der Waals surface area (Å²) in [5, 5.41) is 8.04. The first-order valence-electron chi connectivity index (χ1n) is 6.03. The van der Waals surface area contributed by atoms with Crippen LogP contribution in [0.4, 0.5) is 0 Å². The van der Waals surface area contributed by atoms with Crippen LogP contribution < -0.4 is 5.73 Å². The molecule has 1 aromatic heterocycles. The number of hydrogen-bond donors (Lipinski definition) is 1. The third-order valence-corrected chi connectivity index (χ3v) is 2.55. The van der Waals surface area contributed by atoms with Gasteiger partial charge in [-0.2, -0.15) is 0 Å². The van der Waals surface area contributed by atoms with Crippen LogP contribution in [0.5, 0.6) is 0 Å². The number of ether oxygens (including phenoxy) is 1. The van der Waals surface area contributed by atoms with E-state index in [4.69, 9.17) is 10.5 Å². The maximum atomic E-state index is 6.14. The molecule has 1 heterocycles. The van der Waals surface area contributed by atoms with Crippen LogP contribution in [0.15, 0.2) is 6.33 Å². The molecule has 5 nitrogen and oxygen atoms in total. The summed E-state index contributed by atoms with van der Waals surface area (Å²) >= 11 is 0. The predicted octanol–water partition coefficient (Wildman–Crippen LogP) is 1.23. The number of rotatable bonds is 6. The van der Waals surface area contributed by atoms with Gasteiger partial charge in [-0.1, -0.05) is 20.8 Å². The van der Waals surface area contributed by atoms with E-state index in [1.54, 1.807) is 13.4 Å². The van der Waals surface area contributed by atoms with Crippen LogP contribution in [0.25, 0.3) is 0 Å². The molecule has 2 N–H and O–H groups in total. The Labute approximate surface area is 103 Å². The molecule has 1 atom stereocenters. The normalized spacial score (nSPS) is 13.9. The summed E-state index contributed by atoms with van der Waals surface area (Å²) < 4.78 is 7.05. The minimum Gasteiger partial charge on any atom is -0.383 e. The lowest BCUT2D eigenvalue weighted by Gasteiger charge is -2.22. The monoisotopic (exact) mass is 240 g/mol. The van der Waals surface area contributed by atoms with Crippen LogP contribution in [-0.2, 0) is 17.7 Å². The molecule has 17 heavy (non-hydrogen) atoms. The Morgan fingerprint density at radius 3 is 2.76 bits per heavy atom. The minimum absolute atomic E-state index is 0.125. The average Bonchev–Trinajstić information content (AvgIpc) is 2.59. The summed E-state index contributed by atoms with van der Waals surface area (Å²) in [6.45, 7) is 8.04. The van der Waals surface area contributed by atoms with Gasteiger partial charge in [0.05, 0.1) is 6.61 Å². The van der Waals surface area contributed by atoms with Gasteiger partial charge >= 0.3 is 0 Å². The second-order valence-corrected chi connectivity index (χ2v) is 5.66. The van der Waals surface area contributed by atoms with Crippen molar-refractivity contribution in [1.82, 2.24) is 14.8 Å². The van der Waals surface area contributed by atoms with Crippen molar-refractivity contribution in [3.8, 4) is 0 Å². The van der Waals surface area contributed by atoms with Crippen molar-refractivity contribution in [2.45, 2.75) is 46.2 Å². The Bertz CT molecular complexity index is 329. The van der Waals surface area contributed by atoms with Crippen LogP contribution in [0, 0.1) is 5.41 Å². The van der Waals surface area contributed by atoms with E-state index in [1.165, 1.54) is 0 Å². The number of nitrogens with two attached hydrogens (primary N) is 1. The van der Waals surface area contributed by atoms with Gasteiger partial charge in [0.15, 0.2) is 0 Å². The number of aromatic nitrogens is 3. The van der Waals surface area contributed by atoms with E-state index in [0.717, 1.165) is 25.2 Å². The summed E-state index contributed by atoms with van der Waals surface area (Å²) in [6.07, 6.45) is 3.48. The molecule has 0 saturated heterocycles. The fourth-order valence-electron chi connectivity index (χ4n) is 1.91. The maximum absolute atomic E-state index is 6.14. The lowest BCUT2D eigenvalue weighted by molar-refractivity contribution is 0.186. The van der Waals surface area contributed by atoms with E-state index in [2.05, 4.69) is 31.0 Å². The van der Waals surface area contributed by atoms with Crippen molar-refractivity contribution in [3.63, 3.8) is 0 Å². The van der Waals surface area contributed by atoms with Gasteiger partial charge in [0.1, 0.15) is 12.2 Å². The molecule has 1 unspecified atom stereocenters. The van der Waals surface area contributed by atoms with Crippen LogP contribution >= 0.6 is 0 Å². The lowest BCUT2D eigenvalue weighted by atomic mass is 9.87. The van der Waals surface area contributed by atoms with Gasteiger partial charge in [-0.3, -0.25) is 0 Å². The smallest absolute Gasteiger partial charge is 0.134 e. The van der Waals surface area contributed by atoms with Crippen molar-refractivity contribution >= 4 is 0 Å². The third kappa shape index (κ3) is 5.28. The highest BCUT2D eigenvalue weighted by Gasteiger charge is 2.17. The van der Waals surface area contributed by atoms with Gasteiger partial charge in [0.2, 0.25) is 0 Å². The van der Waals surface area contributed by atoms with Gasteiger partial charge in [-0.05, 0) is 11.8 Å². The van der Waals surface area contributed by atoms with Crippen molar-refractivity contribution < 1.29 is 4.74 Å². The highest BCUT2D eigenvalue weighted by molar-refractivity contribution is 4.91. The highest BCUT2D eigenvalue weighted by atomic mass is 16.5. The summed E-state index contributed by atoms with van der Waals surface area (Å²) in [5.74, 6) is 0.943. The maximum Gasteiger partial charge on any atom is 0.134 e. The second-order valence-electron chi connectivity index (χ2n) is 5.66. The number of hydrogen-bond acceptors (Lipinski definition) is 4. The van der Waals surface area contributed by atoms with Crippen LogP contribution in [0.1, 0.15) is 33.0 Å². The van der Waals surface area contributed by atoms with Crippen molar-refractivity contribution in [2.75, 3.05) is 13.7 Å². The Kier molecular flexibility index (Phi) is 5.08. The molecule has 1 rings (SSSR count). The SMILES string of the molecule is COCCn1cnnc1CC(N)CC(C)(C)C. The Morgan fingerprint density at radius 2 is 2.18 bits per heavy atom. The zero-order chi connectivity index (χ0) is 12.9. The van der Waals surface area contributed by atoms with E-state index in [1.807, 2.05) is 4.57 Å². The fourth-order valence-corrected chi connectivity index (χ4v) is 1.91. The molecule has 0 aromatic carbocycles. The quantitative estimate of drug-likeness (QED) is 0.812. The Morgan fingerprint density at radius 1 is 1.47 bits per heavy atom. The lowest BCUT2D eigenvalue weighted by Crippen LogP contribution is -2.29. The predicted molar refractivity (Wildman–Crippen MR) is 67.6 cm³/mol. The summed E-state index contributed by atoms with van der Waals surface area (Å²) in [6, 6.07) is 0.125. The fraction of sp³-hybridized carbons (Fsp3) is 0.833. The van der Waals surface area contributed by atoms with Gasteiger partial charge in [-0.15, -0.1) is 10.2 Å². The molecule has 1 aromatic rings. The molecule has 0 fully saturated rings. The molecule has 0 saturated carbocycles. The highest BCUT2D eigenvalue weighted by Crippen LogP contribution is 2.21. The zero-order valence-electron chi connectivity index (χ0n) is 11.3. The first kappa shape index (κ1) is 14.1. The molecule has 5 heteroatoms. The number of nitrogens with zero attached hydrogens (tertiary/aromatic N) is 3. The van der Waals surface area contributed by atoms with Crippen LogP contribution in [0.3, 0.4) is 0 Å². The van der Waals surface area contributed by atoms with Crippen molar-refractivity contribution in [1.29, 1.82) is 0 Å². The molecule has 0 spiro atoms. The van der Waals surface area contributed by atoms with Gasteiger partial charge in [0.25, 0.3) is 0 Å². The van der Waals surface area contributed by atoms with E-state index >= 15 is 0 Å². The van der Waals surface area contributed by atoms with Gasteiger partial charge < -0.3 is 15.0 Å². The van der Waals surface area contributed by atoms with Crippen molar-refractivity contribution in [3.05, 3.63) is 12.2 Å². The number of methoxy groups -OCH3 is 1. The zero-order valence-corrected chi connectivity index (χ0v) is 11.3. The average molecular weight is 240 g/mol. The van der Waals surface area contributed by atoms with E-state index < -0.39 is 0 Å². The Balaban J connectivity index is 2.53. The molecular formula is C12H24N4O. The summed E-state index contributed by atoms with van der Waals surface area (Å²) in [7, 11) is 1.69. The first-order valence-corrected chi connectivity index (χ1v) is 6.03. The summed E-state index contributed by atoms with van der Waals surface area (Å²) in [4.78, 5) is 0. The molecule has 0 aliphatic carbocycles. The van der Waals surface area contributed by atoms with Gasteiger partial charge in [0, 0.05) is 26.1 Å². The largest absolute Gasteiger partial charge is 0.383 e. The second kappa shape index (κ2) is 6.12. The van der Waals surface area contributed by atoms with E-state index in [-0.39, 0.29) is 11.5 Å².